The molecule has 2 N–H and O–H groups in total. The third-order valence-electron chi connectivity index (χ3n) is 7.29. The fourth-order valence-electron chi connectivity index (χ4n) is 5.11. The maximum atomic E-state index is 13.5. The first-order chi connectivity index (χ1) is 16.1. The number of carbonyl (C=O) groups excluding carboxylic acids is 2. The van der Waals surface area contributed by atoms with Crippen molar-refractivity contribution in [2.75, 3.05) is 39.4 Å². The lowest BCUT2D eigenvalue weighted by Crippen LogP contribution is -2.49. The number of ether oxygens (including phenoxy) is 1. The van der Waals surface area contributed by atoms with Crippen molar-refractivity contribution < 1.29 is 31.9 Å². The first-order valence-electron chi connectivity index (χ1n) is 11.9. The Morgan fingerprint density at radius 1 is 1.06 bits per heavy atom. The smallest absolute Gasteiger partial charge is 0.381 e. The van der Waals surface area contributed by atoms with Gasteiger partial charge in [-0.3, -0.25) is 14.5 Å². The summed E-state index contributed by atoms with van der Waals surface area (Å²) in [6.07, 6.45) is 0.836. The molecule has 10 heteroatoms. The van der Waals surface area contributed by atoms with Gasteiger partial charge in [-0.2, -0.15) is 13.2 Å². The molecular formula is C24H31F4N3O3. The highest BCUT2D eigenvalue weighted by Gasteiger charge is 2.50. The number of nitrogens with zero attached hydrogens (tertiary/aromatic N) is 1. The lowest BCUT2D eigenvalue weighted by Gasteiger charge is -2.34. The van der Waals surface area contributed by atoms with Crippen LogP contribution in [-0.4, -0.2) is 61.6 Å². The van der Waals surface area contributed by atoms with Gasteiger partial charge in [-0.25, -0.2) is 4.39 Å². The summed E-state index contributed by atoms with van der Waals surface area (Å²) in [7, 11) is 0. The number of hydrogen-bond acceptors (Lipinski definition) is 4. The van der Waals surface area contributed by atoms with Gasteiger partial charge in [0.15, 0.2) is 0 Å². The molecular weight excluding hydrogens is 454 g/mol. The summed E-state index contributed by atoms with van der Waals surface area (Å²) < 4.78 is 57.6. The van der Waals surface area contributed by atoms with Crippen LogP contribution >= 0.6 is 0 Å². The Labute approximate surface area is 196 Å². The van der Waals surface area contributed by atoms with E-state index in [0.29, 0.717) is 44.2 Å². The Hall–Kier alpha value is -2.20. The van der Waals surface area contributed by atoms with Crippen LogP contribution in [0, 0.1) is 17.7 Å². The fourth-order valence-corrected chi connectivity index (χ4v) is 5.11. The van der Waals surface area contributed by atoms with Gasteiger partial charge in [0, 0.05) is 30.9 Å². The quantitative estimate of drug-likeness (QED) is 0.582. The minimum Gasteiger partial charge on any atom is -0.381 e. The van der Waals surface area contributed by atoms with Gasteiger partial charge in [-0.05, 0) is 81.6 Å². The molecule has 6 nitrogen and oxygen atoms in total. The molecule has 0 atom stereocenters. The summed E-state index contributed by atoms with van der Waals surface area (Å²) in [6, 6.07) is 1.84. The highest BCUT2D eigenvalue weighted by atomic mass is 19.4. The second kappa shape index (κ2) is 10.2. The van der Waals surface area contributed by atoms with E-state index in [-0.39, 0.29) is 22.9 Å². The molecule has 0 spiro atoms. The molecule has 1 aliphatic carbocycles. The molecule has 34 heavy (non-hydrogen) atoms. The maximum Gasteiger partial charge on any atom is 0.416 e. The first-order valence-corrected chi connectivity index (χ1v) is 11.9. The van der Waals surface area contributed by atoms with Gasteiger partial charge in [0.2, 0.25) is 5.91 Å². The van der Waals surface area contributed by atoms with Crippen LogP contribution in [0.4, 0.5) is 17.6 Å². The SMILES string of the molecule is O=C(CN1CCC(CNC(=O)c2cc(F)cc(C(F)(F)F)c2)CC1)NC1(C2CCOCC2)CC1. The van der Waals surface area contributed by atoms with Crippen molar-refractivity contribution in [1.82, 2.24) is 15.5 Å². The molecule has 3 fully saturated rings. The Bertz CT molecular complexity index is 890. The topological polar surface area (TPSA) is 70.7 Å². The summed E-state index contributed by atoms with van der Waals surface area (Å²) in [5.74, 6) is -1.14. The average molecular weight is 486 g/mol. The van der Waals surface area contributed by atoms with Gasteiger partial charge < -0.3 is 15.4 Å². The predicted molar refractivity (Wildman–Crippen MR) is 117 cm³/mol. The van der Waals surface area contributed by atoms with Gasteiger partial charge in [0.05, 0.1) is 12.1 Å². The minimum atomic E-state index is -4.72. The van der Waals surface area contributed by atoms with Crippen molar-refractivity contribution in [3.63, 3.8) is 0 Å². The van der Waals surface area contributed by atoms with E-state index >= 15 is 0 Å². The van der Waals surface area contributed by atoms with Crippen molar-refractivity contribution in [3.05, 3.63) is 35.1 Å². The summed E-state index contributed by atoms with van der Waals surface area (Å²) >= 11 is 0. The molecule has 0 radical (unpaired) electrons. The molecule has 2 saturated heterocycles. The molecule has 1 aromatic rings. The molecule has 0 aromatic heterocycles. The number of alkyl halides is 3. The number of halogens is 4. The van der Waals surface area contributed by atoms with Crippen LogP contribution in [0.2, 0.25) is 0 Å². The lowest BCUT2D eigenvalue weighted by molar-refractivity contribution is -0.137. The Morgan fingerprint density at radius 2 is 1.74 bits per heavy atom. The van der Waals surface area contributed by atoms with Crippen molar-refractivity contribution in [3.8, 4) is 0 Å². The fraction of sp³-hybridized carbons (Fsp3) is 0.667. The van der Waals surface area contributed by atoms with Crippen LogP contribution < -0.4 is 10.6 Å². The van der Waals surface area contributed by atoms with E-state index < -0.39 is 23.5 Å². The monoisotopic (exact) mass is 485 g/mol. The Kier molecular flexibility index (Phi) is 7.47. The van der Waals surface area contributed by atoms with Crippen molar-refractivity contribution >= 4 is 11.8 Å². The molecule has 0 unspecified atom stereocenters. The van der Waals surface area contributed by atoms with Crippen molar-refractivity contribution in [2.45, 2.75) is 50.2 Å². The summed E-state index contributed by atoms with van der Waals surface area (Å²) in [5, 5.41) is 5.89. The lowest BCUT2D eigenvalue weighted by atomic mass is 9.89. The van der Waals surface area contributed by atoms with Crippen LogP contribution in [0.25, 0.3) is 0 Å². The minimum absolute atomic E-state index is 0.0438. The highest BCUT2D eigenvalue weighted by Crippen LogP contribution is 2.46. The maximum absolute atomic E-state index is 13.5. The molecule has 2 heterocycles. The van der Waals surface area contributed by atoms with Gasteiger partial charge in [-0.15, -0.1) is 0 Å². The number of rotatable bonds is 7. The van der Waals surface area contributed by atoms with Crippen LogP contribution in [0.3, 0.4) is 0 Å². The van der Waals surface area contributed by atoms with Gasteiger partial charge in [0.25, 0.3) is 5.91 Å². The molecule has 4 rings (SSSR count). The summed E-state index contributed by atoms with van der Waals surface area (Å²) in [5.41, 5.74) is -1.58. The van der Waals surface area contributed by atoms with Crippen LogP contribution in [0.5, 0.6) is 0 Å². The molecule has 0 bridgehead atoms. The van der Waals surface area contributed by atoms with E-state index in [0.717, 1.165) is 57.8 Å². The number of carbonyl (C=O) groups is 2. The Morgan fingerprint density at radius 3 is 2.35 bits per heavy atom. The predicted octanol–water partition coefficient (Wildman–Crippen LogP) is 3.36. The molecule has 1 saturated carbocycles. The number of likely N-dealkylation sites (tertiary alicyclic amines) is 1. The molecule has 3 aliphatic rings. The van der Waals surface area contributed by atoms with Crippen LogP contribution in [0.15, 0.2) is 18.2 Å². The van der Waals surface area contributed by atoms with Crippen LogP contribution in [-0.2, 0) is 15.7 Å². The molecule has 188 valence electrons. The van der Waals surface area contributed by atoms with Gasteiger partial charge >= 0.3 is 6.18 Å². The van der Waals surface area contributed by atoms with Gasteiger partial charge in [0.1, 0.15) is 5.82 Å². The molecule has 1 aromatic carbocycles. The first kappa shape index (κ1) is 24.9. The van der Waals surface area contributed by atoms with Crippen LogP contribution in [0.1, 0.15) is 54.4 Å². The zero-order chi connectivity index (χ0) is 24.3. The van der Waals surface area contributed by atoms with E-state index in [2.05, 4.69) is 15.5 Å². The zero-order valence-electron chi connectivity index (χ0n) is 19.1. The zero-order valence-corrected chi connectivity index (χ0v) is 19.1. The molecule has 2 amide bonds. The Balaban J connectivity index is 1.19. The summed E-state index contributed by atoms with van der Waals surface area (Å²) in [4.78, 5) is 27.0. The van der Waals surface area contributed by atoms with Crippen molar-refractivity contribution in [2.24, 2.45) is 11.8 Å². The normalized spacial score (nSPS) is 21.8. The third kappa shape index (κ3) is 6.27. The van der Waals surface area contributed by atoms with E-state index in [1.807, 2.05) is 0 Å². The second-order valence-corrected chi connectivity index (χ2v) is 9.75. The number of piperidine rings is 1. The van der Waals surface area contributed by atoms with E-state index in [9.17, 15) is 27.2 Å². The summed E-state index contributed by atoms with van der Waals surface area (Å²) in [6.45, 7) is 3.56. The van der Waals surface area contributed by atoms with E-state index in [1.165, 1.54) is 0 Å². The second-order valence-electron chi connectivity index (χ2n) is 9.75. The number of benzene rings is 1. The number of nitrogens with one attached hydrogen (secondary N) is 2. The standard InChI is InChI=1S/C24H31F4N3O3/c25-20-12-17(11-19(13-20)24(26,27)28)22(33)29-14-16-1-7-31(8-2-16)15-21(32)30-23(5-6-23)18-3-9-34-10-4-18/h11-13,16,18H,1-10,14-15H2,(H,29,33)(H,30,32). The van der Waals surface area contributed by atoms with Gasteiger partial charge in [-0.1, -0.05) is 0 Å². The highest BCUT2D eigenvalue weighted by molar-refractivity contribution is 5.94. The van der Waals surface area contributed by atoms with E-state index in [4.69, 9.17) is 4.74 Å². The average Bonchev–Trinajstić information content (AvgIpc) is 3.58. The third-order valence-corrected chi connectivity index (χ3v) is 7.29. The number of amides is 2. The van der Waals surface area contributed by atoms with Crippen molar-refractivity contribution in [1.29, 1.82) is 0 Å². The molecule has 2 aliphatic heterocycles. The largest absolute Gasteiger partial charge is 0.416 e. The number of hydrogen-bond donors (Lipinski definition) is 2. The van der Waals surface area contributed by atoms with E-state index in [1.54, 1.807) is 0 Å².